The maximum atomic E-state index is 14.0. The first-order chi connectivity index (χ1) is 21.2. The first-order valence-corrected chi connectivity index (χ1v) is 14.4. The number of H-pyrrole nitrogens is 1. The fourth-order valence-electron chi connectivity index (χ4n) is 6.68. The van der Waals surface area contributed by atoms with Crippen LogP contribution in [-0.2, 0) is 25.6 Å². The van der Waals surface area contributed by atoms with E-state index in [9.17, 15) is 17.6 Å². The molecule has 5 aromatic rings. The van der Waals surface area contributed by atoms with E-state index >= 15 is 0 Å². The molecule has 3 heterocycles. The second-order valence-electron chi connectivity index (χ2n) is 11.3. The molecule has 4 aromatic carbocycles. The number of aromatic amines is 1. The lowest BCUT2D eigenvalue weighted by molar-refractivity contribution is -0.137. The van der Waals surface area contributed by atoms with Crippen molar-refractivity contribution in [1.82, 2.24) is 9.88 Å². The van der Waals surface area contributed by atoms with Crippen LogP contribution in [0.5, 0.6) is 17.2 Å². The molecule has 9 heteroatoms. The molecule has 2 atom stereocenters. The molecular weight excluding hydrogens is 572 g/mol. The van der Waals surface area contributed by atoms with Crippen LogP contribution in [0.25, 0.3) is 10.9 Å². The maximum Gasteiger partial charge on any atom is 0.416 e. The topological polar surface area (TPSA) is 46.7 Å². The van der Waals surface area contributed by atoms with Gasteiger partial charge in [0.15, 0.2) is 11.5 Å². The van der Waals surface area contributed by atoms with Crippen molar-refractivity contribution in [2.24, 2.45) is 0 Å². The van der Waals surface area contributed by atoms with Crippen molar-refractivity contribution in [3.63, 3.8) is 0 Å². The monoisotopic (exact) mass is 602 g/mol. The van der Waals surface area contributed by atoms with Crippen molar-refractivity contribution in [3.8, 4) is 17.2 Å². The van der Waals surface area contributed by atoms with Gasteiger partial charge in [-0.1, -0.05) is 24.3 Å². The number of alkyl halides is 3. The van der Waals surface area contributed by atoms with Gasteiger partial charge in [0.05, 0.1) is 25.8 Å². The number of ether oxygens (including phenoxy) is 3. The smallest absolute Gasteiger partial charge is 0.416 e. The molecule has 0 saturated carbocycles. The number of nitrogens with zero attached hydrogens (tertiary/aromatic N) is 1. The Morgan fingerprint density at radius 2 is 1.66 bits per heavy atom. The predicted octanol–water partition coefficient (Wildman–Crippen LogP) is 8.17. The summed E-state index contributed by atoms with van der Waals surface area (Å²) in [6, 6.07) is 21.7. The zero-order valence-electron chi connectivity index (χ0n) is 24.2. The molecular formula is C35H30F4N2O3. The number of rotatable bonds is 6. The third kappa shape index (κ3) is 4.95. The quantitative estimate of drug-likeness (QED) is 0.199. The SMILES string of the molecule is COc1ccc2[nH]c3c(c2c1)CC1c2cc(OC)c(OCc4ccc(C(F)(F)F)cc4)cc2CCN1C3c1ccc(F)cc1. The average molecular weight is 603 g/mol. The summed E-state index contributed by atoms with van der Waals surface area (Å²) >= 11 is 0. The summed E-state index contributed by atoms with van der Waals surface area (Å²) in [7, 11) is 3.24. The van der Waals surface area contributed by atoms with E-state index < -0.39 is 11.7 Å². The van der Waals surface area contributed by atoms with Gasteiger partial charge < -0.3 is 19.2 Å². The highest BCUT2D eigenvalue weighted by Gasteiger charge is 2.41. The van der Waals surface area contributed by atoms with Crippen molar-refractivity contribution in [1.29, 1.82) is 0 Å². The first kappa shape index (κ1) is 28.3. The van der Waals surface area contributed by atoms with E-state index in [1.807, 2.05) is 36.4 Å². The van der Waals surface area contributed by atoms with Gasteiger partial charge in [-0.3, -0.25) is 4.90 Å². The Bertz CT molecular complexity index is 1830. The molecule has 44 heavy (non-hydrogen) atoms. The number of aromatic nitrogens is 1. The molecule has 0 saturated heterocycles. The first-order valence-electron chi connectivity index (χ1n) is 14.4. The second-order valence-corrected chi connectivity index (χ2v) is 11.3. The van der Waals surface area contributed by atoms with Gasteiger partial charge in [-0.2, -0.15) is 13.2 Å². The van der Waals surface area contributed by atoms with Crippen molar-refractivity contribution in [3.05, 3.63) is 124 Å². The second kappa shape index (κ2) is 10.9. The van der Waals surface area contributed by atoms with Crippen molar-refractivity contribution in [2.75, 3.05) is 20.8 Å². The van der Waals surface area contributed by atoms with Gasteiger partial charge in [-0.25, -0.2) is 4.39 Å². The number of halogens is 4. The van der Waals surface area contributed by atoms with Crippen molar-refractivity contribution >= 4 is 10.9 Å². The summed E-state index contributed by atoms with van der Waals surface area (Å²) in [6.45, 7) is 0.874. The van der Waals surface area contributed by atoms with E-state index in [4.69, 9.17) is 14.2 Å². The molecule has 2 aliphatic rings. The van der Waals surface area contributed by atoms with Crippen molar-refractivity contribution in [2.45, 2.75) is 37.7 Å². The van der Waals surface area contributed by atoms with Gasteiger partial charge in [0.2, 0.25) is 0 Å². The van der Waals surface area contributed by atoms with Crippen LogP contribution in [0.4, 0.5) is 17.6 Å². The molecule has 0 fully saturated rings. The Kier molecular flexibility index (Phi) is 7.00. The lowest BCUT2D eigenvalue weighted by atomic mass is 9.80. The molecule has 226 valence electrons. The molecule has 2 unspecified atom stereocenters. The molecule has 0 bridgehead atoms. The maximum absolute atomic E-state index is 14.0. The van der Waals surface area contributed by atoms with Gasteiger partial charge in [0.1, 0.15) is 18.2 Å². The third-order valence-corrected chi connectivity index (χ3v) is 8.83. The lowest BCUT2D eigenvalue weighted by Crippen LogP contribution is -2.43. The van der Waals surface area contributed by atoms with E-state index in [2.05, 4.69) is 16.0 Å². The Morgan fingerprint density at radius 3 is 2.36 bits per heavy atom. The van der Waals surface area contributed by atoms with E-state index in [0.29, 0.717) is 17.1 Å². The van der Waals surface area contributed by atoms with Crippen LogP contribution in [0.3, 0.4) is 0 Å². The predicted molar refractivity (Wildman–Crippen MR) is 159 cm³/mol. The summed E-state index contributed by atoms with van der Waals surface area (Å²) in [5, 5.41) is 1.10. The van der Waals surface area contributed by atoms with E-state index in [-0.39, 0.29) is 24.5 Å². The molecule has 2 aliphatic heterocycles. The van der Waals surface area contributed by atoms with E-state index in [0.717, 1.165) is 70.6 Å². The van der Waals surface area contributed by atoms with Crippen LogP contribution >= 0.6 is 0 Å². The highest BCUT2D eigenvalue weighted by molar-refractivity contribution is 5.87. The van der Waals surface area contributed by atoms with Gasteiger partial charge in [-0.05, 0) is 95.3 Å². The molecule has 5 nitrogen and oxygen atoms in total. The van der Waals surface area contributed by atoms with Crippen molar-refractivity contribution < 1.29 is 31.8 Å². The zero-order valence-corrected chi connectivity index (χ0v) is 24.2. The van der Waals surface area contributed by atoms with Gasteiger partial charge in [-0.15, -0.1) is 0 Å². The van der Waals surface area contributed by atoms with Crippen LogP contribution in [0, 0.1) is 5.82 Å². The average Bonchev–Trinajstić information content (AvgIpc) is 3.39. The summed E-state index contributed by atoms with van der Waals surface area (Å²) < 4.78 is 70.3. The number of hydrogen-bond acceptors (Lipinski definition) is 4. The molecule has 0 aliphatic carbocycles. The van der Waals surface area contributed by atoms with Gasteiger partial charge in [0.25, 0.3) is 0 Å². The van der Waals surface area contributed by atoms with Crippen LogP contribution in [0.15, 0.2) is 78.9 Å². The van der Waals surface area contributed by atoms with Crippen LogP contribution in [0.2, 0.25) is 0 Å². The number of nitrogens with one attached hydrogen (secondary N) is 1. The van der Waals surface area contributed by atoms with E-state index in [1.54, 1.807) is 14.2 Å². The summed E-state index contributed by atoms with van der Waals surface area (Å²) in [5.74, 6) is 1.60. The standard InChI is InChI=1S/C35H30F4N2O3/c1-42-25-11-12-29-27(16-25)28-17-30-26-18-31(43-2)32(44-19-20-3-7-23(8-4-20)35(37,38)39)15-22(26)13-14-41(30)34(33(28)40-29)21-5-9-24(36)10-6-21/h3-12,15-16,18,30,34,40H,13-14,17,19H2,1-2H3. The van der Waals surface area contributed by atoms with Crippen LogP contribution in [0.1, 0.15) is 51.2 Å². The minimum atomic E-state index is -4.39. The fourth-order valence-corrected chi connectivity index (χ4v) is 6.68. The number of hydrogen-bond donors (Lipinski definition) is 1. The molecule has 0 amide bonds. The Morgan fingerprint density at radius 1 is 0.886 bits per heavy atom. The molecule has 7 rings (SSSR count). The summed E-state index contributed by atoms with van der Waals surface area (Å²) in [5.41, 5.74) is 6.52. The van der Waals surface area contributed by atoms with Gasteiger partial charge >= 0.3 is 6.18 Å². The molecule has 1 aromatic heterocycles. The Labute approximate surface area is 252 Å². The Hall–Kier alpha value is -4.50. The minimum Gasteiger partial charge on any atom is -0.497 e. The number of benzene rings is 4. The fraction of sp³-hybridized carbons (Fsp3) is 0.257. The summed E-state index contributed by atoms with van der Waals surface area (Å²) in [4.78, 5) is 6.13. The van der Waals surface area contributed by atoms with Crippen LogP contribution in [-0.4, -0.2) is 30.6 Å². The third-order valence-electron chi connectivity index (χ3n) is 8.83. The van der Waals surface area contributed by atoms with Gasteiger partial charge in [0, 0.05) is 29.2 Å². The van der Waals surface area contributed by atoms with E-state index in [1.165, 1.54) is 29.8 Å². The molecule has 0 spiro atoms. The number of methoxy groups -OCH3 is 2. The highest BCUT2D eigenvalue weighted by atomic mass is 19.4. The Balaban J connectivity index is 1.26. The zero-order chi connectivity index (χ0) is 30.6. The molecule has 1 N–H and O–H groups in total. The largest absolute Gasteiger partial charge is 0.497 e. The van der Waals surface area contributed by atoms with Crippen LogP contribution < -0.4 is 14.2 Å². The normalized spacial score (nSPS) is 18.0. The molecule has 0 radical (unpaired) electrons. The lowest BCUT2D eigenvalue weighted by Gasteiger charge is -2.46. The summed E-state index contributed by atoms with van der Waals surface area (Å²) in [6.07, 6.45) is -2.88. The highest BCUT2D eigenvalue weighted by Crippen LogP contribution is 2.50. The minimum absolute atomic E-state index is 0.0179. The number of fused-ring (bicyclic) bond motifs is 6.